The van der Waals surface area contributed by atoms with Crippen LogP contribution < -0.4 is 5.32 Å². The van der Waals surface area contributed by atoms with Crippen LogP contribution in [0.25, 0.3) is 0 Å². The number of rotatable bonds is 3. The molecule has 2 atom stereocenters. The van der Waals surface area contributed by atoms with Gasteiger partial charge in [-0.25, -0.2) is 0 Å². The molecule has 0 heterocycles. The summed E-state index contributed by atoms with van der Waals surface area (Å²) in [6.45, 7) is 2.24. The second kappa shape index (κ2) is 4.44. The molecular formula is C12H19NO3. The summed E-state index contributed by atoms with van der Waals surface area (Å²) in [6.07, 6.45) is 4.93. The van der Waals surface area contributed by atoms with Gasteiger partial charge in [0.2, 0.25) is 5.91 Å². The van der Waals surface area contributed by atoms with Crippen molar-refractivity contribution >= 4 is 11.9 Å². The Kier molecular flexibility index (Phi) is 3.17. The van der Waals surface area contributed by atoms with Gasteiger partial charge in [-0.05, 0) is 38.0 Å². The molecule has 0 aromatic heterocycles. The van der Waals surface area contributed by atoms with E-state index in [1.165, 1.54) is 0 Å². The van der Waals surface area contributed by atoms with Gasteiger partial charge in [0.05, 0.1) is 11.8 Å². The fraction of sp³-hybridized carbons (Fsp3) is 0.833. The van der Waals surface area contributed by atoms with Crippen molar-refractivity contribution in [3.63, 3.8) is 0 Å². The molecule has 0 aromatic carbocycles. The summed E-state index contributed by atoms with van der Waals surface area (Å²) in [6, 6.07) is 0.277. The monoisotopic (exact) mass is 225 g/mol. The SMILES string of the molecule is CC1CCC(NC(=O)[C@H]2CC2C(=O)O)CC1. The number of aliphatic carboxylic acids is 1. The smallest absolute Gasteiger partial charge is 0.307 e. The van der Waals surface area contributed by atoms with Gasteiger partial charge in [0.1, 0.15) is 0 Å². The van der Waals surface area contributed by atoms with Crippen molar-refractivity contribution in [2.45, 2.75) is 45.1 Å². The van der Waals surface area contributed by atoms with Gasteiger partial charge in [-0.2, -0.15) is 0 Å². The first-order valence-corrected chi connectivity index (χ1v) is 6.11. The Morgan fingerprint density at radius 1 is 1.12 bits per heavy atom. The lowest BCUT2D eigenvalue weighted by Gasteiger charge is -2.26. The van der Waals surface area contributed by atoms with Crippen molar-refractivity contribution in [3.05, 3.63) is 0 Å². The van der Waals surface area contributed by atoms with E-state index in [9.17, 15) is 9.59 Å². The van der Waals surface area contributed by atoms with Gasteiger partial charge in [-0.3, -0.25) is 9.59 Å². The maximum absolute atomic E-state index is 11.7. The van der Waals surface area contributed by atoms with Crippen molar-refractivity contribution in [3.8, 4) is 0 Å². The highest BCUT2D eigenvalue weighted by molar-refractivity contribution is 5.89. The summed E-state index contributed by atoms with van der Waals surface area (Å²) in [5, 5.41) is 11.7. The van der Waals surface area contributed by atoms with Crippen LogP contribution in [0.4, 0.5) is 0 Å². The zero-order chi connectivity index (χ0) is 11.7. The summed E-state index contributed by atoms with van der Waals surface area (Å²) >= 11 is 0. The second-order valence-corrected chi connectivity index (χ2v) is 5.25. The van der Waals surface area contributed by atoms with Crippen LogP contribution in [0.5, 0.6) is 0 Å². The first-order chi connectivity index (χ1) is 7.58. The fourth-order valence-corrected chi connectivity index (χ4v) is 2.47. The number of hydrogen-bond donors (Lipinski definition) is 2. The number of carbonyl (C=O) groups excluding carboxylic acids is 1. The van der Waals surface area contributed by atoms with Crippen LogP contribution in [-0.4, -0.2) is 23.0 Å². The largest absolute Gasteiger partial charge is 0.481 e. The van der Waals surface area contributed by atoms with E-state index in [1.807, 2.05) is 0 Å². The number of nitrogens with one attached hydrogen (secondary N) is 1. The van der Waals surface area contributed by atoms with Gasteiger partial charge in [0, 0.05) is 6.04 Å². The first kappa shape index (κ1) is 11.4. The van der Waals surface area contributed by atoms with Gasteiger partial charge in [0.25, 0.3) is 0 Å². The average Bonchev–Trinajstić information content (AvgIpc) is 3.01. The molecule has 0 aromatic rings. The molecule has 1 unspecified atom stereocenters. The van der Waals surface area contributed by atoms with Crippen LogP contribution in [-0.2, 0) is 9.59 Å². The maximum Gasteiger partial charge on any atom is 0.307 e. The minimum atomic E-state index is -0.836. The number of carboxylic acids is 1. The van der Waals surface area contributed by atoms with Crippen LogP contribution >= 0.6 is 0 Å². The Labute approximate surface area is 95.4 Å². The molecule has 90 valence electrons. The summed E-state index contributed by atoms with van der Waals surface area (Å²) in [4.78, 5) is 22.3. The molecule has 0 spiro atoms. The van der Waals surface area contributed by atoms with Gasteiger partial charge >= 0.3 is 5.97 Å². The van der Waals surface area contributed by atoms with Gasteiger partial charge < -0.3 is 10.4 Å². The number of hydrogen-bond acceptors (Lipinski definition) is 2. The molecule has 0 saturated heterocycles. The fourth-order valence-electron chi connectivity index (χ4n) is 2.47. The highest BCUT2D eigenvalue weighted by Gasteiger charge is 2.48. The molecule has 2 aliphatic carbocycles. The quantitative estimate of drug-likeness (QED) is 0.763. The molecule has 2 fully saturated rings. The Balaban J connectivity index is 1.74. The van der Waals surface area contributed by atoms with Crippen LogP contribution in [0.1, 0.15) is 39.0 Å². The normalized spacial score (nSPS) is 37.8. The van der Waals surface area contributed by atoms with E-state index in [2.05, 4.69) is 12.2 Å². The van der Waals surface area contributed by atoms with E-state index < -0.39 is 11.9 Å². The van der Waals surface area contributed by atoms with Crippen LogP contribution in [0, 0.1) is 17.8 Å². The maximum atomic E-state index is 11.7. The van der Waals surface area contributed by atoms with Crippen molar-refractivity contribution in [1.82, 2.24) is 5.32 Å². The first-order valence-electron chi connectivity index (χ1n) is 6.11. The number of carboxylic acid groups (broad SMARTS) is 1. The molecule has 0 aliphatic heterocycles. The molecule has 2 saturated carbocycles. The molecule has 2 rings (SSSR count). The third-order valence-corrected chi connectivity index (χ3v) is 3.81. The zero-order valence-electron chi connectivity index (χ0n) is 9.61. The predicted molar refractivity (Wildman–Crippen MR) is 58.8 cm³/mol. The minimum absolute atomic E-state index is 0.0491. The molecule has 4 nitrogen and oxygen atoms in total. The zero-order valence-corrected chi connectivity index (χ0v) is 9.61. The van der Waals surface area contributed by atoms with E-state index >= 15 is 0 Å². The second-order valence-electron chi connectivity index (χ2n) is 5.25. The summed E-state index contributed by atoms with van der Waals surface area (Å²) in [5.41, 5.74) is 0. The number of amides is 1. The molecule has 1 amide bonds. The lowest BCUT2D eigenvalue weighted by Crippen LogP contribution is -2.38. The van der Waals surface area contributed by atoms with Gasteiger partial charge in [0.15, 0.2) is 0 Å². The summed E-state index contributed by atoms with van der Waals surface area (Å²) < 4.78 is 0. The summed E-state index contributed by atoms with van der Waals surface area (Å²) in [5.74, 6) is -0.815. The minimum Gasteiger partial charge on any atom is -0.481 e. The molecule has 0 bridgehead atoms. The molecule has 16 heavy (non-hydrogen) atoms. The lowest BCUT2D eigenvalue weighted by atomic mass is 9.87. The van der Waals surface area contributed by atoms with E-state index in [1.54, 1.807) is 0 Å². The molecular weight excluding hydrogens is 206 g/mol. The van der Waals surface area contributed by atoms with Gasteiger partial charge in [-0.1, -0.05) is 6.92 Å². The van der Waals surface area contributed by atoms with Crippen LogP contribution in [0.15, 0.2) is 0 Å². The summed E-state index contributed by atoms with van der Waals surface area (Å²) in [7, 11) is 0. The van der Waals surface area contributed by atoms with Crippen LogP contribution in [0.3, 0.4) is 0 Å². The Bertz CT molecular complexity index is 295. The van der Waals surface area contributed by atoms with E-state index in [-0.39, 0.29) is 17.9 Å². The van der Waals surface area contributed by atoms with Crippen LogP contribution in [0.2, 0.25) is 0 Å². The van der Waals surface area contributed by atoms with Crippen molar-refractivity contribution in [1.29, 1.82) is 0 Å². The molecule has 4 heteroatoms. The molecule has 2 aliphatic rings. The Morgan fingerprint density at radius 2 is 1.75 bits per heavy atom. The third-order valence-electron chi connectivity index (χ3n) is 3.81. The Hall–Kier alpha value is -1.06. The Morgan fingerprint density at radius 3 is 2.25 bits per heavy atom. The third kappa shape index (κ3) is 2.54. The highest BCUT2D eigenvalue weighted by atomic mass is 16.4. The van der Waals surface area contributed by atoms with E-state index in [4.69, 9.17) is 5.11 Å². The van der Waals surface area contributed by atoms with E-state index in [0.29, 0.717) is 6.42 Å². The average molecular weight is 225 g/mol. The predicted octanol–water partition coefficient (Wildman–Crippen LogP) is 1.40. The standard InChI is InChI=1S/C12H19NO3/c1-7-2-4-8(5-3-7)13-11(14)9-6-10(9)12(15)16/h7-10H,2-6H2,1H3,(H,13,14)(H,15,16)/t7?,8?,9-,10?/m0/s1. The van der Waals surface area contributed by atoms with Crippen molar-refractivity contribution in [2.24, 2.45) is 17.8 Å². The van der Waals surface area contributed by atoms with Gasteiger partial charge in [-0.15, -0.1) is 0 Å². The number of carbonyl (C=O) groups is 2. The van der Waals surface area contributed by atoms with Crippen molar-refractivity contribution < 1.29 is 14.7 Å². The molecule has 0 radical (unpaired) electrons. The lowest BCUT2D eigenvalue weighted by molar-refractivity contribution is -0.140. The highest BCUT2D eigenvalue weighted by Crippen LogP contribution is 2.39. The van der Waals surface area contributed by atoms with E-state index in [0.717, 1.165) is 31.6 Å². The molecule has 2 N–H and O–H groups in total. The van der Waals surface area contributed by atoms with Crippen molar-refractivity contribution in [2.75, 3.05) is 0 Å². The topological polar surface area (TPSA) is 66.4 Å².